The van der Waals surface area contributed by atoms with Crippen LogP contribution < -0.4 is 4.74 Å². The summed E-state index contributed by atoms with van der Waals surface area (Å²) in [6.45, 7) is 3.27. The van der Waals surface area contributed by atoms with Crippen LogP contribution in [0.15, 0.2) is 51.9 Å². The fraction of sp³-hybridized carbons (Fsp3) is 0.333. The summed E-state index contributed by atoms with van der Waals surface area (Å²) in [5, 5.41) is 4.55. The standard InChI is InChI=1S/C21H22ClN3O4S/c1-14-9-11-25(12-10-14)30(26,27)17-6-3-15(4-7-17)20-23-21(29-24-20)18-8-5-16(22)13-19(18)28-2/h3-8,13-14H,9-12H2,1-2H3. The van der Waals surface area contributed by atoms with Gasteiger partial charge in [0.1, 0.15) is 5.75 Å². The summed E-state index contributed by atoms with van der Waals surface area (Å²) >= 11 is 6.00. The Morgan fingerprint density at radius 2 is 1.83 bits per heavy atom. The van der Waals surface area contributed by atoms with Crippen LogP contribution in [-0.4, -0.2) is 43.1 Å². The van der Waals surface area contributed by atoms with E-state index in [0.717, 1.165) is 12.8 Å². The maximum atomic E-state index is 12.9. The van der Waals surface area contributed by atoms with Gasteiger partial charge in [0.05, 0.1) is 17.6 Å². The highest BCUT2D eigenvalue weighted by molar-refractivity contribution is 7.89. The van der Waals surface area contributed by atoms with Gasteiger partial charge in [-0.05, 0) is 61.2 Å². The zero-order valence-corrected chi connectivity index (χ0v) is 18.3. The van der Waals surface area contributed by atoms with Crippen LogP contribution in [0.5, 0.6) is 5.75 Å². The Labute approximate surface area is 180 Å². The Bertz CT molecular complexity index is 1140. The van der Waals surface area contributed by atoms with Crippen molar-refractivity contribution in [1.29, 1.82) is 0 Å². The second-order valence-electron chi connectivity index (χ2n) is 7.38. The first kappa shape index (κ1) is 20.8. The van der Waals surface area contributed by atoms with E-state index >= 15 is 0 Å². The normalized spacial score (nSPS) is 16.0. The molecule has 0 saturated carbocycles. The molecule has 0 bridgehead atoms. The quantitative estimate of drug-likeness (QED) is 0.573. The first-order valence-electron chi connectivity index (χ1n) is 9.66. The van der Waals surface area contributed by atoms with Gasteiger partial charge in [0.2, 0.25) is 15.8 Å². The molecule has 0 N–H and O–H groups in total. The Kier molecular flexibility index (Phi) is 5.81. The number of rotatable bonds is 5. The molecule has 30 heavy (non-hydrogen) atoms. The maximum absolute atomic E-state index is 12.9. The fourth-order valence-corrected chi connectivity index (χ4v) is 5.07. The molecule has 7 nitrogen and oxygen atoms in total. The molecule has 1 aliphatic heterocycles. The van der Waals surface area contributed by atoms with Crippen molar-refractivity contribution in [2.75, 3.05) is 20.2 Å². The van der Waals surface area contributed by atoms with E-state index in [1.54, 1.807) is 46.8 Å². The lowest BCUT2D eigenvalue weighted by atomic mass is 10.0. The van der Waals surface area contributed by atoms with Crippen LogP contribution in [0.2, 0.25) is 5.02 Å². The zero-order valence-electron chi connectivity index (χ0n) is 16.7. The van der Waals surface area contributed by atoms with Gasteiger partial charge >= 0.3 is 0 Å². The largest absolute Gasteiger partial charge is 0.496 e. The van der Waals surface area contributed by atoms with Crippen molar-refractivity contribution in [3.05, 3.63) is 47.5 Å². The van der Waals surface area contributed by atoms with Crippen LogP contribution in [0, 0.1) is 5.92 Å². The number of sulfonamides is 1. The van der Waals surface area contributed by atoms with Crippen molar-refractivity contribution in [1.82, 2.24) is 14.4 Å². The van der Waals surface area contributed by atoms with E-state index in [1.807, 2.05) is 0 Å². The van der Waals surface area contributed by atoms with Gasteiger partial charge < -0.3 is 9.26 Å². The number of nitrogens with zero attached hydrogens (tertiary/aromatic N) is 3. The number of piperidine rings is 1. The molecule has 158 valence electrons. The van der Waals surface area contributed by atoms with E-state index in [4.69, 9.17) is 20.9 Å². The second-order valence-corrected chi connectivity index (χ2v) is 9.75. The summed E-state index contributed by atoms with van der Waals surface area (Å²) in [6, 6.07) is 11.7. The van der Waals surface area contributed by atoms with Gasteiger partial charge in [-0.2, -0.15) is 9.29 Å². The third kappa shape index (κ3) is 4.08. The minimum atomic E-state index is -3.50. The minimum absolute atomic E-state index is 0.267. The molecule has 3 aromatic rings. The molecule has 1 aromatic heterocycles. The molecule has 0 unspecified atom stereocenters. The second kappa shape index (κ2) is 8.37. The van der Waals surface area contributed by atoms with E-state index in [9.17, 15) is 8.42 Å². The predicted molar refractivity (Wildman–Crippen MR) is 114 cm³/mol. The monoisotopic (exact) mass is 447 g/mol. The smallest absolute Gasteiger partial charge is 0.262 e. The Balaban J connectivity index is 1.57. The highest BCUT2D eigenvalue weighted by Gasteiger charge is 2.28. The first-order chi connectivity index (χ1) is 14.4. The number of aromatic nitrogens is 2. The van der Waals surface area contributed by atoms with E-state index in [-0.39, 0.29) is 10.8 Å². The average Bonchev–Trinajstić information content (AvgIpc) is 3.24. The zero-order chi connectivity index (χ0) is 21.3. The number of hydrogen-bond donors (Lipinski definition) is 0. The van der Waals surface area contributed by atoms with Crippen LogP contribution in [0.4, 0.5) is 0 Å². The van der Waals surface area contributed by atoms with Crippen molar-refractivity contribution in [3.8, 4) is 28.6 Å². The topological polar surface area (TPSA) is 85.5 Å². The van der Waals surface area contributed by atoms with Crippen LogP contribution in [0.25, 0.3) is 22.8 Å². The fourth-order valence-electron chi connectivity index (χ4n) is 3.44. The van der Waals surface area contributed by atoms with Crippen molar-refractivity contribution >= 4 is 21.6 Å². The van der Waals surface area contributed by atoms with Crippen LogP contribution in [0.1, 0.15) is 19.8 Å². The van der Waals surface area contributed by atoms with Gasteiger partial charge in [-0.1, -0.05) is 23.7 Å². The van der Waals surface area contributed by atoms with Gasteiger partial charge in [-0.3, -0.25) is 0 Å². The van der Waals surface area contributed by atoms with Crippen molar-refractivity contribution < 1.29 is 17.7 Å². The molecule has 2 heterocycles. The molecule has 1 aliphatic rings. The Morgan fingerprint density at radius 1 is 1.13 bits per heavy atom. The summed E-state index contributed by atoms with van der Waals surface area (Å²) in [5.74, 6) is 1.73. The molecule has 9 heteroatoms. The highest BCUT2D eigenvalue weighted by atomic mass is 35.5. The number of ether oxygens (including phenoxy) is 1. The van der Waals surface area contributed by atoms with E-state index in [2.05, 4.69) is 17.1 Å². The molecule has 0 aliphatic carbocycles. The van der Waals surface area contributed by atoms with Crippen molar-refractivity contribution in [2.45, 2.75) is 24.7 Å². The van der Waals surface area contributed by atoms with E-state index in [1.165, 1.54) is 7.11 Å². The molecule has 0 spiro atoms. The Hall–Kier alpha value is -2.42. The van der Waals surface area contributed by atoms with Crippen molar-refractivity contribution in [3.63, 3.8) is 0 Å². The molecule has 1 fully saturated rings. The SMILES string of the molecule is COc1cc(Cl)ccc1-c1nc(-c2ccc(S(=O)(=O)N3CCC(C)CC3)cc2)no1. The molecule has 0 radical (unpaired) electrons. The van der Waals surface area contributed by atoms with Crippen molar-refractivity contribution in [2.24, 2.45) is 5.92 Å². The molecular formula is C21H22ClN3O4S. The molecule has 2 aromatic carbocycles. The van der Waals surface area contributed by atoms with Gasteiger partial charge in [-0.25, -0.2) is 8.42 Å². The number of methoxy groups -OCH3 is 1. The minimum Gasteiger partial charge on any atom is -0.496 e. The number of benzene rings is 2. The lowest BCUT2D eigenvalue weighted by molar-refractivity contribution is 0.288. The van der Waals surface area contributed by atoms with Crippen LogP contribution in [0.3, 0.4) is 0 Å². The molecule has 0 amide bonds. The molecule has 1 saturated heterocycles. The summed E-state index contributed by atoms with van der Waals surface area (Å²) < 4.78 is 38.0. The first-order valence-corrected chi connectivity index (χ1v) is 11.5. The number of hydrogen-bond acceptors (Lipinski definition) is 6. The lowest BCUT2D eigenvalue weighted by Gasteiger charge is -2.29. The van der Waals surface area contributed by atoms with Gasteiger partial charge in [-0.15, -0.1) is 0 Å². The average molecular weight is 448 g/mol. The highest BCUT2D eigenvalue weighted by Crippen LogP contribution is 2.33. The summed E-state index contributed by atoms with van der Waals surface area (Å²) in [7, 11) is -1.96. The predicted octanol–water partition coefficient (Wildman–Crippen LogP) is 4.49. The molecule has 4 rings (SSSR count). The van der Waals surface area contributed by atoms with E-state index in [0.29, 0.717) is 46.7 Å². The summed E-state index contributed by atoms with van der Waals surface area (Å²) in [6.07, 6.45) is 1.77. The Morgan fingerprint density at radius 3 is 2.50 bits per heavy atom. The molecule has 0 atom stereocenters. The van der Waals surface area contributed by atoms with Gasteiger partial charge in [0.15, 0.2) is 0 Å². The van der Waals surface area contributed by atoms with E-state index < -0.39 is 10.0 Å². The molecular weight excluding hydrogens is 426 g/mol. The van der Waals surface area contributed by atoms with Crippen LogP contribution >= 0.6 is 11.6 Å². The summed E-state index contributed by atoms with van der Waals surface area (Å²) in [5.41, 5.74) is 1.28. The van der Waals surface area contributed by atoms with Crippen LogP contribution in [-0.2, 0) is 10.0 Å². The van der Waals surface area contributed by atoms with Gasteiger partial charge in [0, 0.05) is 23.7 Å². The lowest BCUT2D eigenvalue weighted by Crippen LogP contribution is -2.37. The van der Waals surface area contributed by atoms with Gasteiger partial charge in [0.25, 0.3) is 5.89 Å². The maximum Gasteiger partial charge on any atom is 0.262 e. The summed E-state index contributed by atoms with van der Waals surface area (Å²) in [4.78, 5) is 4.69. The third-order valence-corrected chi connectivity index (χ3v) is 7.46. The number of halogens is 1. The third-order valence-electron chi connectivity index (χ3n) is 5.31.